The number of aromatic nitrogens is 4. The van der Waals surface area contributed by atoms with Crippen LogP contribution in [0.2, 0.25) is 0 Å². The van der Waals surface area contributed by atoms with Gasteiger partial charge in [0.05, 0.1) is 23.3 Å². The molecule has 0 spiro atoms. The van der Waals surface area contributed by atoms with Crippen molar-refractivity contribution in [2.75, 3.05) is 7.05 Å². The lowest BCUT2D eigenvalue weighted by Crippen LogP contribution is -2.17. The maximum atomic E-state index is 4.47. The number of aryl methyl sites for hydroxylation is 1. The van der Waals surface area contributed by atoms with E-state index >= 15 is 0 Å². The summed E-state index contributed by atoms with van der Waals surface area (Å²) in [6.45, 7) is 2.94. The lowest BCUT2D eigenvalue weighted by atomic mass is 10.00. The molecule has 0 aliphatic carbocycles. The van der Waals surface area contributed by atoms with Gasteiger partial charge in [-0.25, -0.2) is 0 Å². The van der Waals surface area contributed by atoms with Crippen LogP contribution < -0.4 is 5.32 Å². The molecule has 102 valence electrons. The third-order valence-electron chi connectivity index (χ3n) is 3.44. The van der Waals surface area contributed by atoms with E-state index in [1.54, 1.807) is 12.4 Å². The number of rotatable bonds is 4. The molecule has 0 saturated carbocycles. The van der Waals surface area contributed by atoms with E-state index in [0.29, 0.717) is 0 Å². The minimum absolute atomic E-state index is 0.0655. The topological polar surface area (TPSA) is 55.6 Å². The first-order chi connectivity index (χ1) is 9.83. The molecule has 0 fully saturated rings. The molecule has 0 bridgehead atoms. The summed E-state index contributed by atoms with van der Waals surface area (Å²) >= 11 is 0. The summed E-state index contributed by atoms with van der Waals surface area (Å²) in [5.74, 6) is 0. The van der Waals surface area contributed by atoms with Gasteiger partial charge in [-0.05, 0) is 20.0 Å². The fraction of sp³-hybridized carbons (Fsp3) is 0.267. The molecule has 5 heteroatoms. The molecule has 0 radical (unpaired) electrons. The van der Waals surface area contributed by atoms with Gasteiger partial charge in [0.15, 0.2) is 0 Å². The van der Waals surface area contributed by atoms with Crippen LogP contribution >= 0.6 is 0 Å². The van der Waals surface area contributed by atoms with Gasteiger partial charge in [-0.15, -0.1) is 0 Å². The van der Waals surface area contributed by atoms with Crippen molar-refractivity contribution in [3.63, 3.8) is 0 Å². The van der Waals surface area contributed by atoms with E-state index in [-0.39, 0.29) is 6.04 Å². The molecule has 0 saturated heterocycles. The van der Waals surface area contributed by atoms with Crippen LogP contribution in [0.15, 0.2) is 43.0 Å². The molecule has 2 heterocycles. The summed E-state index contributed by atoms with van der Waals surface area (Å²) in [4.78, 5) is 8.84. The highest BCUT2D eigenvalue weighted by Crippen LogP contribution is 2.26. The van der Waals surface area contributed by atoms with Gasteiger partial charge in [-0.2, -0.15) is 5.10 Å². The number of nitrogens with zero attached hydrogens (tertiary/aromatic N) is 4. The van der Waals surface area contributed by atoms with E-state index in [1.165, 1.54) is 0 Å². The number of hydrogen-bond donors (Lipinski definition) is 1. The van der Waals surface area contributed by atoms with Crippen molar-refractivity contribution >= 4 is 11.0 Å². The van der Waals surface area contributed by atoms with Crippen molar-refractivity contribution in [1.82, 2.24) is 25.1 Å². The normalized spacial score (nSPS) is 12.7. The second kappa shape index (κ2) is 5.38. The molecule has 3 rings (SSSR count). The summed E-state index contributed by atoms with van der Waals surface area (Å²) in [5.41, 5.74) is 4.09. The number of benzene rings is 1. The van der Waals surface area contributed by atoms with E-state index in [1.807, 2.05) is 30.1 Å². The number of fused-ring (bicyclic) bond motifs is 1. The van der Waals surface area contributed by atoms with Gasteiger partial charge in [0.25, 0.3) is 0 Å². The van der Waals surface area contributed by atoms with E-state index in [9.17, 15) is 0 Å². The summed E-state index contributed by atoms with van der Waals surface area (Å²) < 4.78 is 1.93. The number of nitrogens with one attached hydrogen (secondary N) is 1. The second-order valence-corrected chi connectivity index (χ2v) is 4.62. The molecular weight excluding hydrogens is 250 g/mol. The van der Waals surface area contributed by atoms with Crippen molar-refractivity contribution in [3.8, 4) is 0 Å². The number of para-hydroxylation sites is 1. The predicted octanol–water partition coefficient (Wildman–Crippen LogP) is 2.16. The van der Waals surface area contributed by atoms with Gasteiger partial charge in [-0.1, -0.05) is 12.1 Å². The Balaban J connectivity index is 2.11. The Bertz CT molecular complexity index is 714. The fourth-order valence-corrected chi connectivity index (χ4v) is 2.45. The Labute approximate surface area is 117 Å². The van der Waals surface area contributed by atoms with E-state index in [0.717, 1.165) is 28.7 Å². The zero-order valence-corrected chi connectivity index (χ0v) is 11.6. The first-order valence-corrected chi connectivity index (χ1v) is 6.72. The molecule has 1 atom stereocenters. The van der Waals surface area contributed by atoms with Crippen LogP contribution in [0.1, 0.15) is 24.1 Å². The van der Waals surface area contributed by atoms with Crippen LogP contribution in [-0.2, 0) is 6.54 Å². The quantitative estimate of drug-likeness (QED) is 0.787. The summed E-state index contributed by atoms with van der Waals surface area (Å²) in [6, 6.07) is 6.15. The minimum atomic E-state index is 0.0655. The SMILES string of the molecule is CCn1cc(C(NC)c2cccc3nccnc23)cn1. The third-order valence-corrected chi connectivity index (χ3v) is 3.44. The van der Waals surface area contributed by atoms with E-state index in [2.05, 4.69) is 39.6 Å². The van der Waals surface area contributed by atoms with Gasteiger partial charge < -0.3 is 5.32 Å². The van der Waals surface area contributed by atoms with Crippen molar-refractivity contribution in [1.29, 1.82) is 0 Å². The molecule has 5 nitrogen and oxygen atoms in total. The molecule has 0 aliphatic rings. The molecule has 1 N–H and O–H groups in total. The monoisotopic (exact) mass is 267 g/mol. The van der Waals surface area contributed by atoms with Crippen LogP contribution in [0.5, 0.6) is 0 Å². The minimum Gasteiger partial charge on any atom is -0.309 e. The van der Waals surface area contributed by atoms with Gasteiger partial charge >= 0.3 is 0 Å². The van der Waals surface area contributed by atoms with Gasteiger partial charge in [0.2, 0.25) is 0 Å². The lowest BCUT2D eigenvalue weighted by Gasteiger charge is -2.16. The van der Waals surface area contributed by atoms with Crippen molar-refractivity contribution in [2.45, 2.75) is 19.5 Å². The Morgan fingerprint density at radius 3 is 2.85 bits per heavy atom. The average molecular weight is 267 g/mol. The van der Waals surface area contributed by atoms with Crippen molar-refractivity contribution < 1.29 is 0 Å². The zero-order valence-electron chi connectivity index (χ0n) is 11.6. The molecule has 1 aromatic carbocycles. The lowest BCUT2D eigenvalue weighted by molar-refractivity contribution is 0.654. The Kier molecular flexibility index (Phi) is 3.43. The summed E-state index contributed by atoms with van der Waals surface area (Å²) in [7, 11) is 1.95. The van der Waals surface area contributed by atoms with E-state index < -0.39 is 0 Å². The third kappa shape index (κ3) is 2.16. The van der Waals surface area contributed by atoms with Crippen LogP contribution in [0.3, 0.4) is 0 Å². The Morgan fingerprint density at radius 2 is 2.10 bits per heavy atom. The van der Waals surface area contributed by atoms with Crippen LogP contribution in [0, 0.1) is 0 Å². The standard InChI is InChI=1S/C15H17N5/c1-3-20-10-11(9-19-20)14(16-2)12-5-4-6-13-15(12)18-8-7-17-13/h4-10,14,16H,3H2,1-2H3. The molecular formula is C15H17N5. The van der Waals surface area contributed by atoms with Gasteiger partial charge in [-0.3, -0.25) is 14.6 Å². The zero-order chi connectivity index (χ0) is 13.9. The van der Waals surface area contributed by atoms with Crippen molar-refractivity contribution in [3.05, 3.63) is 54.1 Å². The largest absolute Gasteiger partial charge is 0.309 e. The Hall–Kier alpha value is -2.27. The van der Waals surface area contributed by atoms with Crippen LogP contribution in [0.25, 0.3) is 11.0 Å². The molecule has 0 aliphatic heterocycles. The molecule has 3 aromatic rings. The predicted molar refractivity (Wildman–Crippen MR) is 78.3 cm³/mol. The second-order valence-electron chi connectivity index (χ2n) is 4.62. The van der Waals surface area contributed by atoms with E-state index in [4.69, 9.17) is 0 Å². The van der Waals surface area contributed by atoms with Crippen molar-refractivity contribution in [2.24, 2.45) is 0 Å². The average Bonchev–Trinajstić information content (AvgIpc) is 2.97. The maximum Gasteiger partial charge on any atom is 0.0937 e. The first-order valence-electron chi connectivity index (χ1n) is 6.72. The van der Waals surface area contributed by atoms with Gasteiger partial charge in [0.1, 0.15) is 0 Å². The summed E-state index contributed by atoms with van der Waals surface area (Å²) in [6.07, 6.45) is 7.42. The molecule has 20 heavy (non-hydrogen) atoms. The highest BCUT2D eigenvalue weighted by Gasteiger charge is 2.17. The smallest absolute Gasteiger partial charge is 0.0937 e. The molecule has 1 unspecified atom stereocenters. The Morgan fingerprint density at radius 1 is 1.25 bits per heavy atom. The summed E-state index contributed by atoms with van der Waals surface area (Å²) in [5, 5.41) is 7.69. The highest BCUT2D eigenvalue weighted by molar-refractivity contribution is 5.78. The maximum absolute atomic E-state index is 4.47. The van der Waals surface area contributed by atoms with Crippen LogP contribution in [-0.4, -0.2) is 26.8 Å². The molecule has 2 aromatic heterocycles. The number of hydrogen-bond acceptors (Lipinski definition) is 4. The first kappa shape index (κ1) is 12.7. The van der Waals surface area contributed by atoms with Crippen LogP contribution in [0.4, 0.5) is 0 Å². The fourth-order valence-electron chi connectivity index (χ4n) is 2.45. The molecule has 0 amide bonds. The van der Waals surface area contributed by atoms with Gasteiger partial charge in [0, 0.05) is 36.3 Å². The highest BCUT2D eigenvalue weighted by atomic mass is 15.3.